The van der Waals surface area contributed by atoms with Crippen molar-refractivity contribution < 1.29 is 85.1 Å². The van der Waals surface area contributed by atoms with Gasteiger partial charge in [0.1, 0.15) is 6.61 Å². The van der Waals surface area contributed by atoms with Crippen LogP contribution in [0.5, 0.6) is 11.5 Å². The summed E-state index contributed by atoms with van der Waals surface area (Å²) in [4.78, 5) is 7.08. The zero-order valence-electron chi connectivity index (χ0n) is 16.6. The maximum atomic E-state index is 13.9. The first kappa shape index (κ1) is 30.0. The molecule has 20 heteroatoms. The van der Waals surface area contributed by atoms with Crippen molar-refractivity contribution in [2.75, 3.05) is 19.8 Å². The molecule has 0 aromatic carbocycles. The van der Waals surface area contributed by atoms with Gasteiger partial charge in [0.05, 0.1) is 19.1 Å². The third kappa shape index (κ3) is 4.84. The van der Waals surface area contributed by atoms with E-state index in [1.54, 1.807) is 0 Å². The van der Waals surface area contributed by atoms with Crippen molar-refractivity contribution in [2.45, 2.75) is 35.8 Å². The molecule has 0 aliphatic carbocycles. The molecule has 0 saturated heterocycles. The van der Waals surface area contributed by atoms with Crippen LogP contribution < -0.4 is 9.47 Å². The van der Waals surface area contributed by atoms with E-state index in [9.17, 15) is 65.9 Å². The highest BCUT2D eigenvalue weighted by Crippen LogP contribution is 2.61. The maximum Gasteiger partial charge on any atom is 0.460 e. The number of hydrogen-bond acceptors (Lipinski definition) is 5. The average molecular weight is 582 g/mol. The van der Waals surface area contributed by atoms with Gasteiger partial charge in [-0.2, -0.15) is 70.7 Å². The molecule has 0 radical (unpaired) electrons. The normalized spacial score (nSPS) is 16.5. The minimum Gasteiger partial charge on any atom is -0.488 e. The molecule has 0 unspecified atom stereocenters. The van der Waals surface area contributed by atoms with Gasteiger partial charge in [-0.15, -0.1) is 11.3 Å². The van der Waals surface area contributed by atoms with E-state index >= 15 is 0 Å². The first-order valence-electron chi connectivity index (χ1n) is 8.75. The van der Waals surface area contributed by atoms with Crippen LogP contribution in [0.2, 0.25) is 0 Å². The van der Waals surface area contributed by atoms with Gasteiger partial charge in [-0.05, 0) is 0 Å². The highest BCUT2D eigenvalue weighted by atomic mass is 32.1. The average Bonchev–Trinajstić information content (AvgIpc) is 3.09. The van der Waals surface area contributed by atoms with Crippen molar-refractivity contribution >= 4 is 11.3 Å². The minimum atomic E-state index is -8.27. The lowest BCUT2D eigenvalue weighted by atomic mass is 9.93. The molecular weight excluding hydrogens is 573 g/mol. The number of ether oxygens (including phenoxy) is 2. The van der Waals surface area contributed by atoms with E-state index in [0.717, 1.165) is 11.3 Å². The Labute approximate surface area is 193 Å². The summed E-state index contributed by atoms with van der Waals surface area (Å²) in [7, 11) is 0. The van der Waals surface area contributed by atoms with Crippen LogP contribution in [0.25, 0.3) is 0 Å². The molecule has 36 heavy (non-hydrogen) atoms. The van der Waals surface area contributed by atoms with Crippen molar-refractivity contribution in [1.29, 1.82) is 0 Å². The number of halogens is 15. The Hall–Kier alpha value is -2.25. The fourth-order valence-electron chi connectivity index (χ4n) is 2.35. The van der Waals surface area contributed by atoms with E-state index in [-0.39, 0.29) is 24.7 Å². The first-order chi connectivity index (χ1) is 16.1. The van der Waals surface area contributed by atoms with Crippen molar-refractivity contribution in [3.63, 3.8) is 0 Å². The summed E-state index contributed by atoms with van der Waals surface area (Å²) in [6.45, 7) is -1.87. The second-order valence-electron chi connectivity index (χ2n) is 6.92. The second kappa shape index (κ2) is 9.56. The molecule has 0 saturated carbocycles. The monoisotopic (exact) mass is 582 g/mol. The summed E-state index contributed by atoms with van der Waals surface area (Å²) in [5.41, 5.74) is 0. The number of hydrogen-bond donors (Lipinski definition) is 0. The smallest absolute Gasteiger partial charge is 0.460 e. The van der Waals surface area contributed by atoms with Crippen molar-refractivity contribution in [3.05, 3.63) is 22.6 Å². The molecule has 1 aliphatic rings. The van der Waals surface area contributed by atoms with E-state index in [0.29, 0.717) is 0 Å². The van der Waals surface area contributed by atoms with Crippen LogP contribution in [0, 0.1) is 5.92 Å². The fourth-order valence-corrected chi connectivity index (χ4v) is 3.03. The number of fused-ring (bicyclic) bond motifs is 1. The molecule has 0 N–H and O–H groups in total. The maximum absolute atomic E-state index is 13.9. The number of rotatable bonds is 9. The number of alkyl halides is 13. The van der Waals surface area contributed by atoms with Crippen LogP contribution in [0.3, 0.4) is 0 Å². The molecule has 0 fully saturated rings. The molecule has 208 valence electrons. The molecule has 4 nitrogen and oxygen atoms in total. The molecule has 2 rings (SSSR count). The second-order valence-corrected chi connectivity index (χ2v) is 7.66. The zero-order chi connectivity index (χ0) is 28.0. The zero-order valence-corrected chi connectivity index (χ0v) is 17.4. The van der Waals surface area contributed by atoms with Gasteiger partial charge < -0.3 is 14.4 Å². The Bertz CT molecular complexity index is 929. The van der Waals surface area contributed by atoms with Crippen LogP contribution in [0.1, 0.15) is 0 Å². The van der Waals surface area contributed by atoms with E-state index in [4.69, 9.17) is 9.47 Å². The lowest BCUT2D eigenvalue weighted by Crippen LogP contribution is -2.70. The highest BCUT2D eigenvalue weighted by Gasteiger charge is 2.91. The first-order valence-corrected chi connectivity index (χ1v) is 9.70. The van der Waals surface area contributed by atoms with Gasteiger partial charge >= 0.3 is 41.9 Å². The summed E-state index contributed by atoms with van der Waals surface area (Å²) in [5, 5.41) is 2.88. The topological polar surface area (TPSA) is 36.9 Å². The third-order valence-electron chi connectivity index (χ3n) is 4.38. The summed E-state index contributed by atoms with van der Waals surface area (Å²) < 4.78 is 207. The molecular formula is C16H9F15O4S. The van der Waals surface area contributed by atoms with E-state index in [2.05, 4.69) is 9.78 Å². The van der Waals surface area contributed by atoms with Crippen LogP contribution >= 0.6 is 11.3 Å². The summed E-state index contributed by atoms with van der Waals surface area (Å²) >= 11 is 1.13. The molecule has 0 atom stereocenters. The van der Waals surface area contributed by atoms with E-state index in [1.807, 2.05) is 0 Å². The molecule has 0 bridgehead atoms. The third-order valence-corrected chi connectivity index (χ3v) is 5.08. The van der Waals surface area contributed by atoms with Gasteiger partial charge in [0.2, 0.25) is 0 Å². The molecule has 1 aromatic rings. The number of thiophene rings is 1. The standard InChI is InChI=1S/C16H9F15O4S/c17-10(18)9(35-34-3-6-1-32-7-4-36-5-8(7)33-2-6)11(19,20)12(21,22)13(23,24)14(25,26)15(27,28)16(29,30)31/h4-6H,1-3H2. The highest BCUT2D eigenvalue weighted by molar-refractivity contribution is 7.08. The van der Waals surface area contributed by atoms with Gasteiger partial charge in [-0.3, -0.25) is 0 Å². The van der Waals surface area contributed by atoms with Crippen LogP contribution in [0.4, 0.5) is 65.9 Å². The van der Waals surface area contributed by atoms with Crippen molar-refractivity contribution in [2.24, 2.45) is 5.92 Å². The van der Waals surface area contributed by atoms with Crippen LogP contribution in [-0.2, 0) is 9.78 Å². The predicted octanol–water partition coefficient (Wildman–Crippen LogP) is 6.93. The van der Waals surface area contributed by atoms with E-state index in [1.165, 1.54) is 10.8 Å². The van der Waals surface area contributed by atoms with Gasteiger partial charge in [0.25, 0.3) is 5.76 Å². The lowest BCUT2D eigenvalue weighted by molar-refractivity contribution is -0.442. The quantitative estimate of drug-likeness (QED) is 0.137. The SMILES string of the molecule is FC(F)=C(OOCC1COc2cscc2OC1)C(F)(F)C(F)(F)C(F)(F)C(F)(F)C(F)(F)C(F)(F)F. The Morgan fingerprint density at radius 2 is 1.19 bits per heavy atom. The summed E-state index contributed by atoms with van der Waals surface area (Å²) in [6, 6.07) is 0. The Morgan fingerprint density at radius 3 is 1.61 bits per heavy atom. The van der Waals surface area contributed by atoms with E-state index < -0.39 is 60.2 Å². The summed E-state index contributed by atoms with van der Waals surface area (Å²) in [6.07, 6.45) is -11.7. The van der Waals surface area contributed by atoms with Crippen molar-refractivity contribution in [3.8, 4) is 11.5 Å². The van der Waals surface area contributed by atoms with Gasteiger partial charge in [-0.1, -0.05) is 0 Å². The van der Waals surface area contributed by atoms with Crippen LogP contribution in [-0.4, -0.2) is 55.6 Å². The van der Waals surface area contributed by atoms with Gasteiger partial charge in [0.15, 0.2) is 11.5 Å². The molecule has 1 aromatic heterocycles. The Kier molecular flexibility index (Phi) is 7.96. The van der Waals surface area contributed by atoms with Gasteiger partial charge in [-0.25, -0.2) is 0 Å². The molecule has 2 heterocycles. The Morgan fingerprint density at radius 1 is 0.750 bits per heavy atom. The van der Waals surface area contributed by atoms with Gasteiger partial charge in [0, 0.05) is 10.8 Å². The summed E-state index contributed by atoms with van der Waals surface area (Å²) in [5.74, 6) is -44.4. The lowest BCUT2D eigenvalue weighted by Gasteiger charge is -2.39. The molecule has 0 amide bonds. The Balaban J connectivity index is 2.24. The minimum absolute atomic E-state index is 0.184. The predicted molar refractivity (Wildman–Crippen MR) is 85.9 cm³/mol. The molecule has 1 aliphatic heterocycles. The van der Waals surface area contributed by atoms with Crippen molar-refractivity contribution in [1.82, 2.24) is 0 Å². The largest absolute Gasteiger partial charge is 0.488 e. The molecule has 0 spiro atoms. The van der Waals surface area contributed by atoms with Crippen LogP contribution in [0.15, 0.2) is 22.6 Å². The number of allylic oxidation sites excluding steroid dienone is 1. The fraction of sp³-hybridized carbons (Fsp3) is 0.625.